The normalized spacial score (nSPS) is 16.9. The zero-order chi connectivity index (χ0) is 20.5. The van der Waals surface area contributed by atoms with E-state index in [2.05, 4.69) is 10.4 Å². The lowest BCUT2D eigenvalue weighted by Crippen LogP contribution is -2.41. The SMILES string of the molecule is Cn1ccc(NC(=O)C2CCN(S(=O)(=O)c3cccc(C(F)(F)F)c3)CC2)n1. The third-order valence-corrected chi connectivity index (χ3v) is 6.48. The van der Waals surface area contributed by atoms with E-state index in [1.54, 1.807) is 24.0 Å². The van der Waals surface area contributed by atoms with Crippen molar-refractivity contribution in [1.82, 2.24) is 14.1 Å². The molecule has 1 aliphatic heterocycles. The molecule has 0 saturated carbocycles. The number of rotatable bonds is 4. The van der Waals surface area contributed by atoms with E-state index in [0.717, 1.165) is 22.5 Å². The van der Waals surface area contributed by atoms with E-state index >= 15 is 0 Å². The molecule has 2 heterocycles. The summed E-state index contributed by atoms with van der Waals surface area (Å²) in [6, 6.07) is 5.32. The third kappa shape index (κ3) is 4.36. The standard InChI is InChI=1S/C17H19F3N4O3S/c1-23-8-7-15(22-23)21-16(25)12-5-9-24(10-6-12)28(26,27)14-4-2-3-13(11-14)17(18,19)20/h2-4,7-8,11-12H,5-6,9-10H2,1H3,(H,21,22,25). The lowest BCUT2D eigenvalue weighted by atomic mass is 9.97. The molecule has 1 aliphatic rings. The maximum absolute atomic E-state index is 12.9. The molecule has 0 atom stereocenters. The van der Waals surface area contributed by atoms with Crippen molar-refractivity contribution in [1.29, 1.82) is 0 Å². The van der Waals surface area contributed by atoms with Crippen molar-refractivity contribution in [2.75, 3.05) is 18.4 Å². The van der Waals surface area contributed by atoms with Gasteiger partial charge in [0.25, 0.3) is 0 Å². The Hall–Kier alpha value is -2.40. The molecular weight excluding hydrogens is 397 g/mol. The number of benzene rings is 1. The molecule has 0 aliphatic carbocycles. The van der Waals surface area contributed by atoms with Crippen LogP contribution in [0.5, 0.6) is 0 Å². The Morgan fingerprint density at radius 3 is 2.46 bits per heavy atom. The summed E-state index contributed by atoms with van der Waals surface area (Å²) in [7, 11) is -2.35. The van der Waals surface area contributed by atoms with E-state index in [9.17, 15) is 26.4 Å². The number of hydrogen-bond donors (Lipinski definition) is 1. The van der Waals surface area contributed by atoms with Gasteiger partial charge in [-0.1, -0.05) is 6.07 Å². The number of carbonyl (C=O) groups is 1. The first kappa shape index (κ1) is 20.3. The van der Waals surface area contributed by atoms with Crippen LogP contribution in [0.25, 0.3) is 0 Å². The van der Waals surface area contributed by atoms with Crippen molar-refractivity contribution in [3.05, 3.63) is 42.1 Å². The number of nitrogens with zero attached hydrogens (tertiary/aromatic N) is 3. The molecule has 28 heavy (non-hydrogen) atoms. The second kappa shape index (κ2) is 7.55. The van der Waals surface area contributed by atoms with Gasteiger partial charge < -0.3 is 5.32 Å². The molecule has 7 nitrogen and oxygen atoms in total. The van der Waals surface area contributed by atoms with Crippen LogP contribution in [-0.4, -0.2) is 41.5 Å². The van der Waals surface area contributed by atoms with Gasteiger partial charge in [-0.25, -0.2) is 8.42 Å². The number of carbonyl (C=O) groups excluding carboxylic acids is 1. The minimum absolute atomic E-state index is 0.0544. The van der Waals surface area contributed by atoms with E-state index in [0.29, 0.717) is 11.9 Å². The summed E-state index contributed by atoms with van der Waals surface area (Å²) < 4.78 is 66.6. The van der Waals surface area contributed by atoms with Crippen LogP contribution in [0, 0.1) is 5.92 Å². The molecule has 2 aromatic rings. The van der Waals surface area contributed by atoms with Gasteiger partial charge in [-0.3, -0.25) is 9.48 Å². The number of halogens is 3. The van der Waals surface area contributed by atoms with Gasteiger partial charge >= 0.3 is 6.18 Å². The Kier molecular flexibility index (Phi) is 5.48. The molecule has 11 heteroatoms. The number of sulfonamides is 1. The topological polar surface area (TPSA) is 84.3 Å². The van der Waals surface area contributed by atoms with Crippen molar-refractivity contribution < 1.29 is 26.4 Å². The largest absolute Gasteiger partial charge is 0.416 e. The van der Waals surface area contributed by atoms with Gasteiger partial charge in [-0.05, 0) is 31.0 Å². The van der Waals surface area contributed by atoms with E-state index in [1.807, 2.05) is 0 Å². The summed E-state index contributed by atoms with van der Waals surface area (Å²) in [6.07, 6.45) is -2.39. The quantitative estimate of drug-likeness (QED) is 0.830. The lowest BCUT2D eigenvalue weighted by Gasteiger charge is -2.30. The van der Waals surface area contributed by atoms with Gasteiger partial charge in [-0.15, -0.1) is 0 Å². The zero-order valence-corrected chi connectivity index (χ0v) is 15.8. The number of nitrogens with one attached hydrogen (secondary N) is 1. The van der Waals surface area contributed by atoms with E-state index in [4.69, 9.17) is 0 Å². The Bertz CT molecular complexity index is 964. The second-order valence-corrected chi connectivity index (χ2v) is 8.51. The molecule has 1 aromatic carbocycles. The fourth-order valence-corrected chi connectivity index (χ4v) is 4.57. The van der Waals surface area contributed by atoms with Crippen molar-refractivity contribution in [2.24, 2.45) is 13.0 Å². The summed E-state index contributed by atoms with van der Waals surface area (Å²) in [5, 5.41) is 6.73. The Balaban J connectivity index is 1.66. The Morgan fingerprint density at radius 1 is 1.21 bits per heavy atom. The van der Waals surface area contributed by atoms with Crippen LogP contribution in [0.3, 0.4) is 0 Å². The highest BCUT2D eigenvalue weighted by Gasteiger charge is 2.35. The average Bonchev–Trinajstić information content (AvgIpc) is 3.06. The minimum atomic E-state index is -4.62. The van der Waals surface area contributed by atoms with Crippen LogP contribution < -0.4 is 5.32 Å². The monoisotopic (exact) mass is 416 g/mol. The molecule has 152 valence electrons. The Labute approximate surface area is 160 Å². The first-order chi connectivity index (χ1) is 13.1. The maximum atomic E-state index is 12.9. The van der Waals surface area contributed by atoms with Crippen LogP contribution in [-0.2, 0) is 28.0 Å². The fraction of sp³-hybridized carbons (Fsp3) is 0.412. The molecule has 0 unspecified atom stereocenters. The zero-order valence-electron chi connectivity index (χ0n) is 15.0. The number of aromatic nitrogens is 2. The van der Waals surface area contributed by atoms with Gasteiger partial charge in [0.05, 0.1) is 10.5 Å². The summed E-state index contributed by atoms with van der Waals surface area (Å²) in [6.45, 7) is 0.109. The maximum Gasteiger partial charge on any atom is 0.416 e. The number of aryl methyl sites for hydroxylation is 1. The number of piperidine rings is 1. The smallest absolute Gasteiger partial charge is 0.309 e. The van der Waals surface area contributed by atoms with Crippen LogP contribution in [0.2, 0.25) is 0 Å². The van der Waals surface area contributed by atoms with Gasteiger partial charge in [0.15, 0.2) is 5.82 Å². The molecule has 0 bridgehead atoms. The van der Waals surface area contributed by atoms with Crippen LogP contribution in [0.4, 0.5) is 19.0 Å². The highest BCUT2D eigenvalue weighted by molar-refractivity contribution is 7.89. The number of alkyl halides is 3. The lowest BCUT2D eigenvalue weighted by molar-refractivity contribution is -0.137. The van der Waals surface area contributed by atoms with Crippen LogP contribution in [0.1, 0.15) is 18.4 Å². The average molecular weight is 416 g/mol. The summed E-state index contributed by atoms with van der Waals surface area (Å²) in [5.41, 5.74) is -1.02. The molecule has 1 aromatic heterocycles. The van der Waals surface area contributed by atoms with Crippen molar-refractivity contribution in [3.8, 4) is 0 Å². The predicted octanol–water partition coefficient (Wildman–Crippen LogP) is 2.48. The van der Waals surface area contributed by atoms with E-state index in [1.165, 1.54) is 0 Å². The molecule has 1 N–H and O–H groups in total. The van der Waals surface area contributed by atoms with E-state index in [-0.39, 0.29) is 31.8 Å². The summed E-state index contributed by atoms with van der Waals surface area (Å²) >= 11 is 0. The van der Waals surface area contributed by atoms with Crippen LogP contribution in [0.15, 0.2) is 41.4 Å². The minimum Gasteiger partial charge on any atom is -0.309 e. The molecule has 1 amide bonds. The number of hydrogen-bond acceptors (Lipinski definition) is 4. The molecule has 1 saturated heterocycles. The highest BCUT2D eigenvalue weighted by atomic mass is 32.2. The fourth-order valence-electron chi connectivity index (χ4n) is 3.05. The van der Waals surface area contributed by atoms with Gasteiger partial charge in [-0.2, -0.15) is 22.6 Å². The first-order valence-electron chi connectivity index (χ1n) is 8.55. The van der Waals surface area contributed by atoms with Gasteiger partial charge in [0, 0.05) is 38.3 Å². The number of anilines is 1. The molecule has 0 radical (unpaired) electrons. The molecule has 1 fully saturated rings. The number of amides is 1. The molecular formula is C17H19F3N4O3S. The highest BCUT2D eigenvalue weighted by Crippen LogP contribution is 2.32. The first-order valence-corrected chi connectivity index (χ1v) is 9.99. The van der Waals surface area contributed by atoms with E-state index < -0.39 is 32.6 Å². The second-order valence-electron chi connectivity index (χ2n) is 6.57. The summed E-state index contributed by atoms with van der Waals surface area (Å²) in [4.78, 5) is 11.9. The van der Waals surface area contributed by atoms with Crippen LogP contribution >= 0.6 is 0 Å². The molecule has 3 rings (SSSR count). The third-order valence-electron chi connectivity index (χ3n) is 4.59. The van der Waals surface area contributed by atoms with Gasteiger partial charge in [0.2, 0.25) is 15.9 Å². The van der Waals surface area contributed by atoms with Gasteiger partial charge in [0.1, 0.15) is 0 Å². The predicted molar refractivity (Wildman–Crippen MR) is 94.8 cm³/mol. The van der Waals surface area contributed by atoms with Crippen molar-refractivity contribution in [2.45, 2.75) is 23.9 Å². The summed E-state index contributed by atoms with van der Waals surface area (Å²) in [5.74, 6) is -0.240. The van der Waals surface area contributed by atoms with Crippen molar-refractivity contribution in [3.63, 3.8) is 0 Å². The van der Waals surface area contributed by atoms with Crippen molar-refractivity contribution >= 4 is 21.7 Å². The Morgan fingerprint density at radius 2 is 1.89 bits per heavy atom. The molecule has 0 spiro atoms.